The van der Waals surface area contributed by atoms with Crippen LogP contribution in [0.2, 0.25) is 5.02 Å². The monoisotopic (exact) mass is 431 g/mol. The van der Waals surface area contributed by atoms with E-state index in [9.17, 15) is 18.4 Å². The van der Waals surface area contributed by atoms with Crippen LogP contribution in [0, 0.1) is 11.6 Å². The van der Waals surface area contributed by atoms with Gasteiger partial charge in [-0.1, -0.05) is 23.7 Å². The zero-order valence-electron chi connectivity index (χ0n) is 15.5. The molecule has 30 heavy (non-hydrogen) atoms. The van der Waals surface area contributed by atoms with E-state index in [0.29, 0.717) is 17.9 Å². The minimum atomic E-state index is -1.15. The number of ether oxygens (including phenoxy) is 1. The van der Waals surface area contributed by atoms with Gasteiger partial charge >= 0.3 is 0 Å². The van der Waals surface area contributed by atoms with Crippen LogP contribution in [-0.2, 0) is 6.42 Å². The molecule has 2 amide bonds. The van der Waals surface area contributed by atoms with Crippen LogP contribution >= 0.6 is 11.6 Å². The van der Waals surface area contributed by atoms with Gasteiger partial charge in [0, 0.05) is 18.8 Å². The Morgan fingerprint density at radius 3 is 2.57 bits per heavy atom. The summed E-state index contributed by atoms with van der Waals surface area (Å²) < 4.78 is 32.2. The molecule has 1 aromatic heterocycles. The Morgan fingerprint density at radius 2 is 1.80 bits per heavy atom. The Morgan fingerprint density at radius 1 is 1.07 bits per heavy atom. The summed E-state index contributed by atoms with van der Waals surface area (Å²) >= 11 is 5.80. The van der Waals surface area contributed by atoms with Crippen molar-refractivity contribution in [2.24, 2.45) is 5.73 Å². The molecule has 9 heteroatoms. The highest BCUT2D eigenvalue weighted by atomic mass is 35.5. The van der Waals surface area contributed by atoms with Crippen LogP contribution in [0.1, 0.15) is 26.4 Å². The van der Waals surface area contributed by atoms with Crippen LogP contribution < -0.4 is 15.8 Å². The Bertz CT molecular complexity index is 1110. The van der Waals surface area contributed by atoms with Gasteiger partial charge in [0.1, 0.15) is 17.2 Å². The van der Waals surface area contributed by atoms with Crippen LogP contribution in [0.4, 0.5) is 8.78 Å². The molecule has 2 aromatic carbocycles. The molecule has 0 aliphatic rings. The normalized spacial score (nSPS) is 10.5. The number of nitrogens with two attached hydrogens (primary N) is 1. The molecular formula is C21H16ClF2N3O3. The summed E-state index contributed by atoms with van der Waals surface area (Å²) in [6.45, 7) is 0.235. The van der Waals surface area contributed by atoms with Gasteiger partial charge in [0.05, 0.1) is 10.6 Å². The van der Waals surface area contributed by atoms with Gasteiger partial charge in [0.25, 0.3) is 11.8 Å². The number of primary amides is 1. The fraction of sp³-hybridized carbons (Fsp3) is 0.0952. The second-order valence-electron chi connectivity index (χ2n) is 6.24. The van der Waals surface area contributed by atoms with E-state index >= 15 is 0 Å². The molecular weight excluding hydrogens is 416 g/mol. The van der Waals surface area contributed by atoms with Crippen molar-refractivity contribution in [3.05, 3.63) is 88.2 Å². The van der Waals surface area contributed by atoms with E-state index in [0.717, 1.165) is 17.7 Å². The van der Waals surface area contributed by atoms with E-state index in [-0.39, 0.29) is 22.8 Å². The summed E-state index contributed by atoms with van der Waals surface area (Å²) in [5, 5.41) is 2.44. The SMILES string of the molecule is NC(=O)c1cc(Oc2cccc(CCNC(=O)c3cc(F)c(F)cc3Cl)c2)ccn1. The molecule has 0 fully saturated rings. The average Bonchev–Trinajstić information content (AvgIpc) is 2.71. The van der Waals surface area contributed by atoms with Crippen LogP contribution in [-0.4, -0.2) is 23.3 Å². The smallest absolute Gasteiger partial charge is 0.267 e. The van der Waals surface area contributed by atoms with Gasteiger partial charge in [-0.15, -0.1) is 0 Å². The van der Waals surface area contributed by atoms with Crippen molar-refractivity contribution in [1.82, 2.24) is 10.3 Å². The third-order valence-electron chi connectivity index (χ3n) is 4.07. The standard InChI is InChI=1S/C21H16ClF2N3O3/c22-16-11-18(24)17(23)10-15(16)21(29)27-6-4-12-2-1-3-13(8-12)30-14-5-7-26-19(9-14)20(25)28/h1-3,5,7-11H,4,6H2,(H2,25,28)(H,27,29). The molecule has 0 aliphatic carbocycles. The highest BCUT2D eigenvalue weighted by Crippen LogP contribution is 2.23. The van der Waals surface area contributed by atoms with Gasteiger partial charge < -0.3 is 15.8 Å². The maximum atomic E-state index is 13.3. The molecule has 0 unspecified atom stereocenters. The molecule has 0 radical (unpaired) electrons. The van der Waals surface area contributed by atoms with Crippen molar-refractivity contribution < 1.29 is 23.1 Å². The van der Waals surface area contributed by atoms with Gasteiger partial charge in [0.15, 0.2) is 11.6 Å². The first-order chi connectivity index (χ1) is 14.3. The molecule has 3 rings (SSSR count). The van der Waals surface area contributed by atoms with Gasteiger partial charge in [-0.2, -0.15) is 0 Å². The minimum absolute atomic E-state index is 0.0854. The molecule has 154 valence electrons. The average molecular weight is 432 g/mol. The number of nitrogens with zero attached hydrogens (tertiary/aromatic N) is 1. The van der Waals surface area contributed by atoms with E-state index in [4.69, 9.17) is 22.1 Å². The number of hydrogen-bond donors (Lipinski definition) is 2. The van der Waals surface area contributed by atoms with E-state index in [1.165, 1.54) is 12.3 Å². The molecule has 0 saturated heterocycles. The number of carbonyl (C=O) groups excluding carboxylic acids is 2. The molecule has 6 nitrogen and oxygen atoms in total. The molecule has 3 N–H and O–H groups in total. The summed E-state index contributed by atoms with van der Waals surface area (Å²) in [4.78, 5) is 27.2. The lowest BCUT2D eigenvalue weighted by molar-refractivity contribution is 0.0952. The van der Waals surface area contributed by atoms with Crippen molar-refractivity contribution in [3.8, 4) is 11.5 Å². The lowest BCUT2D eigenvalue weighted by Crippen LogP contribution is -2.26. The van der Waals surface area contributed by atoms with Crippen LogP contribution in [0.15, 0.2) is 54.7 Å². The Kier molecular flexibility index (Phi) is 6.58. The molecule has 0 atom stereocenters. The summed E-state index contributed by atoms with van der Waals surface area (Å²) in [5.74, 6) is -2.62. The van der Waals surface area contributed by atoms with Gasteiger partial charge in [-0.25, -0.2) is 8.78 Å². The van der Waals surface area contributed by atoms with Gasteiger partial charge in [0.2, 0.25) is 0 Å². The zero-order valence-corrected chi connectivity index (χ0v) is 16.2. The lowest BCUT2D eigenvalue weighted by Gasteiger charge is -2.10. The number of hydrogen-bond acceptors (Lipinski definition) is 4. The number of aromatic nitrogens is 1. The molecule has 0 spiro atoms. The first kappa shape index (κ1) is 21.2. The van der Waals surface area contributed by atoms with Crippen molar-refractivity contribution >= 4 is 23.4 Å². The van der Waals surface area contributed by atoms with Crippen molar-refractivity contribution in [2.75, 3.05) is 6.54 Å². The second kappa shape index (κ2) is 9.32. The fourth-order valence-corrected chi connectivity index (χ4v) is 2.86. The van der Waals surface area contributed by atoms with E-state index in [1.54, 1.807) is 24.3 Å². The number of carbonyl (C=O) groups is 2. The third-order valence-corrected chi connectivity index (χ3v) is 4.38. The predicted molar refractivity (Wildman–Crippen MR) is 107 cm³/mol. The molecule has 3 aromatic rings. The van der Waals surface area contributed by atoms with Gasteiger partial charge in [-0.3, -0.25) is 14.6 Å². The Balaban J connectivity index is 1.61. The lowest BCUT2D eigenvalue weighted by atomic mass is 10.1. The first-order valence-electron chi connectivity index (χ1n) is 8.79. The first-order valence-corrected chi connectivity index (χ1v) is 9.16. The maximum absolute atomic E-state index is 13.3. The summed E-state index contributed by atoms with van der Waals surface area (Å²) in [6, 6.07) is 11.6. The van der Waals surface area contributed by atoms with E-state index in [1.807, 2.05) is 6.07 Å². The van der Waals surface area contributed by atoms with Gasteiger partial charge in [-0.05, 0) is 42.3 Å². The van der Waals surface area contributed by atoms with Crippen LogP contribution in [0.5, 0.6) is 11.5 Å². The second-order valence-corrected chi connectivity index (χ2v) is 6.65. The Hall–Kier alpha value is -3.52. The van der Waals surface area contributed by atoms with Crippen LogP contribution in [0.25, 0.3) is 0 Å². The quantitative estimate of drug-likeness (QED) is 0.555. The van der Waals surface area contributed by atoms with Crippen LogP contribution in [0.3, 0.4) is 0 Å². The number of rotatable bonds is 7. The van der Waals surface area contributed by atoms with E-state index in [2.05, 4.69) is 10.3 Å². The molecule has 0 aliphatic heterocycles. The predicted octanol–water partition coefficient (Wildman–Crippen LogP) is 3.88. The topological polar surface area (TPSA) is 94.3 Å². The maximum Gasteiger partial charge on any atom is 0.267 e. The number of pyridine rings is 1. The highest BCUT2D eigenvalue weighted by molar-refractivity contribution is 6.33. The number of nitrogens with one attached hydrogen (secondary N) is 1. The number of benzene rings is 2. The van der Waals surface area contributed by atoms with Crippen molar-refractivity contribution in [2.45, 2.75) is 6.42 Å². The zero-order chi connectivity index (χ0) is 21.7. The summed E-state index contributed by atoms with van der Waals surface area (Å²) in [7, 11) is 0. The summed E-state index contributed by atoms with van der Waals surface area (Å²) in [6.07, 6.45) is 1.87. The fourth-order valence-electron chi connectivity index (χ4n) is 2.62. The molecule has 1 heterocycles. The minimum Gasteiger partial charge on any atom is -0.457 e. The largest absolute Gasteiger partial charge is 0.457 e. The Labute approximate surface area is 175 Å². The number of halogens is 3. The highest BCUT2D eigenvalue weighted by Gasteiger charge is 2.14. The van der Waals surface area contributed by atoms with Crippen molar-refractivity contribution in [1.29, 1.82) is 0 Å². The number of amides is 2. The third kappa shape index (κ3) is 5.30. The van der Waals surface area contributed by atoms with E-state index < -0.39 is 23.4 Å². The van der Waals surface area contributed by atoms with Crippen molar-refractivity contribution in [3.63, 3.8) is 0 Å². The molecule has 0 bridgehead atoms. The molecule has 0 saturated carbocycles. The summed E-state index contributed by atoms with van der Waals surface area (Å²) in [5.41, 5.74) is 6.00.